The molecule has 1 aliphatic rings. The van der Waals surface area contributed by atoms with E-state index in [9.17, 15) is 4.79 Å². The molecule has 0 atom stereocenters. The van der Waals surface area contributed by atoms with Gasteiger partial charge in [0.1, 0.15) is 5.69 Å². The van der Waals surface area contributed by atoms with Gasteiger partial charge in [-0.1, -0.05) is 24.4 Å². The highest BCUT2D eigenvalue weighted by Gasteiger charge is 2.23. The highest BCUT2D eigenvalue weighted by atomic mass is 35.5. The zero-order chi connectivity index (χ0) is 12.4. The zero-order valence-corrected chi connectivity index (χ0v) is 11.0. The van der Waals surface area contributed by atoms with Crippen LogP contribution in [0.3, 0.4) is 0 Å². The van der Waals surface area contributed by atoms with Gasteiger partial charge in [0, 0.05) is 12.6 Å². The monoisotopic (exact) mass is 255 g/mol. The topological polar surface area (TPSA) is 46.9 Å². The zero-order valence-electron chi connectivity index (χ0n) is 10.3. The molecule has 1 heterocycles. The van der Waals surface area contributed by atoms with Crippen LogP contribution in [0.1, 0.15) is 48.8 Å². The lowest BCUT2D eigenvalue weighted by atomic mass is 10.2. The summed E-state index contributed by atoms with van der Waals surface area (Å²) in [7, 11) is 0. The number of aromatic nitrogens is 2. The lowest BCUT2D eigenvalue weighted by molar-refractivity contribution is 0.0927. The average Bonchev–Trinajstić information content (AvgIpc) is 2.88. The first-order chi connectivity index (χ1) is 8.13. The minimum Gasteiger partial charge on any atom is -0.348 e. The van der Waals surface area contributed by atoms with Gasteiger partial charge in [0.25, 0.3) is 5.91 Å². The molecule has 1 aromatic rings. The summed E-state index contributed by atoms with van der Waals surface area (Å²) >= 11 is 6.13. The van der Waals surface area contributed by atoms with E-state index < -0.39 is 0 Å². The predicted octanol–water partition coefficient (Wildman–Crippen LogP) is 2.54. The van der Waals surface area contributed by atoms with Crippen LogP contribution in [0.25, 0.3) is 0 Å². The summed E-state index contributed by atoms with van der Waals surface area (Å²) in [5, 5.41) is 7.76. The van der Waals surface area contributed by atoms with Gasteiger partial charge in [0.05, 0.1) is 10.7 Å². The van der Waals surface area contributed by atoms with Crippen molar-refractivity contribution in [2.75, 3.05) is 0 Å². The molecular formula is C12H18ClN3O. The number of rotatable bonds is 3. The Labute approximate surface area is 106 Å². The van der Waals surface area contributed by atoms with Gasteiger partial charge >= 0.3 is 0 Å². The molecule has 0 aromatic carbocycles. The molecule has 1 fully saturated rings. The van der Waals surface area contributed by atoms with E-state index in [2.05, 4.69) is 10.4 Å². The highest BCUT2D eigenvalue weighted by molar-refractivity contribution is 6.34. The molecule has 1 aromatic heterocycles. The molecular weight excluding hydrogens is 238 g/mol. The fourth-order valence-electron chi connectivity index (χ4n) is 2.33. The van der Waals surface area contributed by atoms with Gasteiger partial charge in [-0.3, -0.25) is 9.48 Å². The number of carbonyl (C=O) groups excluding carboxylic acids is 1. The van der Waals surface area contributed by atoms with E-state index in [0.717, 1.165) is 12.8 Å². The van der Waals surface area contributed by atoms with Gasteiger partial charge in [-0.25, -0.2) is 0 Å². The van der Waals surface area contributed by atoms with Crippen LogP contribution in [0.2, 0.25) is 5.02 Å². The van der Waals surface area contributed by atoms with Gasteiger partial charge in [-0.2, -0.15) is 5.10 Å². The van der Waals surface area contributed by atoms with Crippen molar-refractivity contribution >= 4 is 17.5 Å². The number of amides is 1. The number of nitrogens with zero attached hydrogens (tertiary/aromatic N) is 2. The molecule has 94 valence electrons. The maximum atomic E-state index is 12.2. The van der Waals surface area contributed by atoms with Gasteiger partial charge in [0.2, 0.25) is 0 Å². The molecule has 0 radical (unpaired) electrons. The SMILES string of the molecule is CCn1nc(C)c(Cl)c1C(=O)NC1CCCC1. The first kappa shape index (κ1) is 12.4. The largest absolute Gasteiger partial charge is 0.348 e. The quantitative estimate of drug-likeness (QED) is 0.902. The lowest BCUT2D eigenvalue weighted by Crippen LogP contribution is -2.34. The second kappa shape index (κ2) is 5.08. The first-order valence-electron chi connectivity index (χ1n) is 6.17. The van der Waals surface area contributed by atoms with Crippen LogP contribution in [-0.4, -0.2) is 21.7 Å². The molecule has 1 amide bonds. The van der Waals surface area contributed by atoms with Crippen molar-refractivity contribution in [3.05, 3.63) is 16.4 Å². The van der Waals surface area contributed by atoms with E-state index in [-0.39, 0.29) is 5.91 Å². The number of hydrogen-bond acceptors (Lipinski definition) is 2. The van der Waals surface area contributed by atoms with Crippen LogP contribution in [0.5, 0.6) is 0 Å². The van der Waals surface area contributed by atoms with E-state index in [4.69, 9.17) is 11.6 Å². The van der Waals surface area contributed by atoms with E-state index >= 15 is 0 Å². The summed E-state index contributed by atoms with van der Waals surface area (Å²) in [5.41, 5.74) is 1.21. The molecule has 4 nitrogen and oxygen atoms in total. The average molecular weight is 256 g/mol. The van der Waals surface area contributed by atoms with Crippen LogP contribution < -0.4 is 5.32 Å². The van der Waals surface area contributed by atoms with Crippen molar-refractivity contribution in [1.29, 1.82) is 0 Å². The third-order valence-electron chi connectivity index (χ3n) is 3.26. The molecule has 0 spiro atoms. The molecule has 1 N–H and O–H groups in total. The summed E-state index contributed by atoms with van der Waals surface area (Å²) < 4.78 is 1.67. The molecule has 0 bridgehead atoms. The second-order valence-electron chi connectivity index (χ2n) is 4.52. The maximum Gasteiger partial charge on any atom is 0.271 e. The molecule has 1 saturated carbocycles. The van der Waals surface area contributed by atoms with E-state index in [1.54, 1.807) is 4.68 Å². The Balaban J connectivity index is 2.17. The number of halogens is 1. The summed E-state index contributed by atoms with van der Waals surface area (Å²) in [5.74, 6) is -0.0932. The van der Waals surface area contributed by atoms with E-state index in [0.29, 0.717) is 29.0 Å². The van der Waals surface area contributed by atoms with Crippen molar-refractivity contribution in [2.45, 2.75) is 52.1 Å². The van der Waals surface area contributed by atoms with Gasteiger partial charge in [-0.15, -0.1) is 0 Å². The van der Waals surface area contributed by atoms with Crippen LogP contribution in [-0.2, 0) is 6.54 Å². The van der Waals surface area contributed by atoms with Gasteiger partial charge in [-0.05, 0) is 26.7 Å². The smallest absolute Gasteiger partial charge is 0.271 e. The van der Waals surface area contributed by atoms with Gasteiger partial charge < -0.3 is 5.32 Å². The normalized spacial score (nSPS) is 16.4. The van der Waals surface area contributed by atoms with Crippen molar-refractivity contribution in [3.63, 3.8) is 0 Å². The van der Waals surface area contributed by atoms with Crippen molar-refractivity contribution in [1.82, 2.24) is 15.1 Å². The first-order valence-corrected chi connectivity index (χ1v) is 6.55. The Bertz CT molecular complexity index is 422. The Hall–Kier alpha value is -1.03. The van der Waals surface area contributed by atoms with Crippen LogP contribution >= 0.6 is 11.6 Å². The minimum atomic E-state index is -0.0932. The highest BCUT2D eigenvalue weighted by Crippen LogP contribution is 2.22. The van der Waals surface area contributed by atoms with Crippen LogP contribution in [0.4, 0.5) is 0 Å². The Morgan fingerprint density at radius 1 is 1.53 bits per heavy atom. The fourth-order valence-corrected chi connectivity index (χ4v) is 2.55. The Morgan fingerprint density at radius 2 is 2.18 bits per heavy atom. The summed E-state index contributed by atoms with van der Waals surface area (Å²) in [6, 6.07) is 0.305. The summed E-state index contributed by atoms with van der Waals surface area (Å²) in [6.07, 6.45) is 4.54. The van der Waals surface area contributed by atoms with Crippen LogP contribution in [0, 0.1) is 6.92 Å². The van der Waals surface area contributed by atoms with Crippen molar-refractivity contribution in [3.8, 4) is 0 Å². The van der Waals surface area contributed by atoms with Crippen LogP contribution in [0.15, 0.2) is 0 Å². The van der Waals surface area contributed by atoms with Crippen molar-refractivity contribution < 1.29 is 4.79 Å². The minimum absolute atomic E-state index is 0.0932. The molecule has 1 aliphatic carbocycles. The van der Waals surface area contributed by atoms with Crippen molar-refractivity contribution in [2.24, 2.45) is 0 Å². The molecule has 0 saturated heterocycles. The van der Waals surface area contributed by atoms with E-state index in [1.807, 2.05) is 13.8 Å². The number of hydrogen-bond donors (Lipinski definition) is 1. The predicted molar refractivity (Wildman–Crippen MR) is 67.4 cm³/mol. The summed E-state index contributed by atoms with van der Waals surface area (Å²) in [4.78, 5) is 12.2. The number of carbonyl (C=O) groups is 1. The second-order valence-corrected chi connectivity index (χ2v) is 4.90. The molecule has 17 heavy (non-hydrogen) atoms. The Morgan fingerprint density at radius 3 is 2.76 bits per heavy atom. The fraction of sp³-hybridized carbons (Fsp3) is 0.667. The maximum absolute atomic E-state index is 12.2. The molecule has 2 rings (SSSR count). The lowest BCUT2D eigenvalue weighted by Gasteiger charge is -2.12. The third-order valence-corrected chi connectivity index (χ3v) is 3.71. The molecule has 0 aliphatic heterocycles. The van der Waals surface area contributed by atoms with Gasteiger partial charge in [0.15, 0.2) is 0 Å². The molecule has 0 unspecified atom stereocenters. The third kappa shape index (κ3) is 2.46. The van der Waals surface area contributed by atoms with E-state index in [1.165, 1.54) is 12.8 Å². The standard InChI is InChI=1S/C12H18ClN3O/c1-3-16-11(10(13)8(2)15-16)12(17)14-9-6-4-5-7-9/h9H,3-7H2,1-2H3,(H,14,17). The number of nitrogens with one attached hydrogen (secondary N) is 1. The molecule has 5 heteroatoms. The number of aryl methyl sites for hydroxylation is 2. The Kier molecular flexibility index (Phi) is 3.72. The summed E-state index contributed by atoms with van der Waals surface area (Å²) in [6.45, 7) is 4.43.